The molecule has 136 valence electrons. The molecule has 2 aromatic rings. The first-order chi connectivity index (χ1) is 12.1. The summed E-state index contributed by atoms with van der Waals surface area (Å²) in [7, 11) is 3.14. The molecule has 1 atom stereocenters. The molecule has 1 N–H and O–H groups in total. The summed E-state index contributed by atoms with van der Waals surface area (Å²) in [4.78, 5) is 4.05. The summed E-state index contributed by atoms with van der Waals surface area (Å²) in [6, 6.07) is 6.52. The Hall–Kier alpha value is -1.72. The molecular formula is C20H27NO3S. The Kier molecular flexibility index (Phi) is 5.86. The minimum Gasteiger partial charge on any atom is -0.502 e. The van der Waals surface area contributed by atoms with E-state index in [4.69, 9.17) is 9.47 Å². The van der Waals surface area contributed by atoms with Gasteiger partial charge in [0.15, 0.2) is 11.5 Å². The minimum atomic E-state index is 0.0651. The fourth-order valence-corrected chi connectivity index (χ4v) is 4.75. The van der Waals surface area contributed by atoms with Crippen LogP contribution in [0.4, 0.5) is 0 Å². The third-order valence-corrected chi connectivity index (χ3v) is 6.11. The number of hydrogen-bond acceptors (Lipinski definition) is 5. The van der Waals surface area contributed by atoms with Gasteiger partial charge in [-0.1, -0.05) is 12.8 Å². The van der Waals surface area contributed by atoms with E-state index >= 15 is 0 Å². The van der Waals surface area contributed by atoms with Gasteiger partial charge in [-0.25, -0.2) is 0 Å². The Morgan fingerprint density at radius 1 is 1.16 bits per heavy atom. The zero-order valence-corrected chi connectivity index (χ0v) is 16.1. The van der Waals surface area contributed by atoms with E-state index in [1.807, 2.05) is 23.5 Å². The van der Waals surface area contributed by atoms with Crippen LogP contribution in [-0.4, -0.2) is 30.8 Å². The van der Waals surface area contributed by atoms with Crippen molar-refractivity contribution in [2.24, 2.45) is 0 Å². The lowest BCUT2D eigenvalue weighted by Gasteiger charge is -2.30. The number of thiophene rings is 1. The number of phenolic OH excluding ortho intramolecular Hbond substituents is 1. The van der Waals surface area contributed by atoms with Crippen LogP contribution in [-0.2, 0) is 6.54 Å². The highest BCUT2D eigenvalue weighted by Crippen LogP contribution is 2.40. The van der Waals surface area contributed by atoms with Crippen LogP contribution in [0.5, 0.6) is 17.2 Å². The first-order valence-corrected chi connectivity index (χ1v) is 9.74. The van der Waals surface area contributed by atoms with Crippen LogP contribution < -0.4 is 9.47 Å². The smallest absolute Gasteiger partial charge is 0.200 e. The fourth-order valence-electron chi connectivity index (χ4n) is 3.65. The van der Waals surface area contributed by atoms with Crippen LogP contribution in [0.15, 0.2) is 23.6 Å². The summed E-state index contributed by atoms with van der Waals surface area (Å²) in [5.41, 5.74) is 2.50. The van der Waals surface area contributed by atoms with Gasteiger partial charge in [-0.2, -0.15) is 0 Å². The number of aromatic hydroxyl groups is 1. The number of benzene rings is 1. The molecule has 4 nitrogen and oxygen atoms in total. The van der Waals surface area contributed by atoms with Crippen LogP contribution in [0, 0.1) is 6.92 Å². The molecule has 1 aromatic carbocycles. The molecule has 0 bridgehead atoms. The summed E-state index contributed by atoms with van der Waals surface area (Å²) < 4.78 is 10.6. The lowest BCUT2D eigenvalue weighted by molar-refractivity contribution is 0.194. The molecule has 0 spiro atoms. The molecule has 3 rings (SSSR count). The highest BCUT2D eigenvalue weighted by Gasteiger charge is 2.25. The largest absolute Gasteiger partial charge is 0.502 e. The first-order valence-electron chi connectivity index (χ1n) is 8.86. The highest BCUT2D eigenvalue weighted by atomic mass is 32.1. The second kappa shape index (κ2) is 8.11. The van der Waals surface area contributed by atoms with Gasteiger partial charge < -0.3 is 14.6 Å². The molecule has 0 aliphatic carbocycles. The van der Waals surface area contributed by atoms with E-state index in [-0.39, 0.29) is 5.75 Å². The number of likely N-dealkylation sites (tertiary alicyclic amines) is 1. The summed E-state index contributed by atoms with van der Waals surface area (Å²) in [6.45, 7) is 4.13. The third kappa shape index (κ3) is 3.93. The number of nitrogens with zero attached hydrogens (tertiary/aromatic N) is 1. The molecule has 0 saturated carbocycles. The van der Waals surface area contributed by atoms with Crippen molar-refractivity contribution in [3.8, 4) is 17.2 Å². The van der Waals surface area contributed by atoms with Crippen LogP contribution in [0.25, 0.3) is 0 Å². The van der Waals surface area contributed by atoms with Crippen molar-refractivity contribution < 1.29 is 14.6 Å². The normalized spacial score (nSPS) is 18.8. The van der Waals surface area contributed by atoms with Gasteiger partial charge in [-0.15, -0.1) is 11.3 Å². The van der Waals surface area contributed by atoms with Crippen LogP contribution in [0.3, 0.4) is 0 Å². The summed E-state index contributed by atoms with van der Waals surface area (Å²) in [6.07, 6.45) is 5.00. The molecule has 1 aliphatic heterocycles. The maximum Gasteiger partial charge on any atom is 0.200 e. The Bertz CT molecular complexity index is 688. The van der Waals surface area contributed by atoms with E-state index in [1.54, 1.807) is 14.2 Å². The molecule has 2 heterocycles. The Balaban J connectivity index is 1.89. The number of aryl methyl sites for hydroxylation is 1. The summed E-state index contributed by atoms with van der Waals surface area (Å²) >= 11 is 1.87. The van der Waals surface area contributed by atoms with Gasteiger partial charge >= 0.3 is 0 Å². The van der Waals surface area contributed by atoms with Crippen molar-refractivity contribution in [2.45, 2.75) is 45.2 Å². The Morgan fingerprint density at radius 2 is 1.88 bits per heavy atom. The molecule has 1 aliphatic rings. The molecule has 1 fully saturated rings. The fraction of sp³-hybridized carbons (Fsp3) is 0.500. The van der Waals surface area contributed by atoms with Gasteiger partial charge in [-0.05, 0) is 61.0 Å². The Labute approximate surface area is 154 Å². The van der Waals surface area contributed by atoms with Gasteiger partial charge in [-0.3, -0.25) is 4.90 Å². The average molecular weight is 362 g/mol. The zero-order chi connectivity index (χ0) is 17.8. The second-order valence-electron chi connectivity index (χ2n) is 6.65. The van der Waals surface area contributed by atoms with Crippen LogP contribution >= 0.6 is 11.3 Å². The van der Waals surface area contributed by atoms with Crippen molar-refractivity contribution in [1.82, 2.24) is 4.90 Å². The van der Waals surface area contributed by atoms with Gasteiger partial charge in [0.1, 0.15) is 0 Å². The van der Waals surface area contributed by atoms with Gasteiger partial charge in [0.25, 0.3) is 0 Å². The van der Waals surface area contributed by atoms with E-state index in [0.29, 0.717) is 17.5 Å². The Morgan fingerprint density at radius 3 is 2.48 bits per heavy atom. The number of phenols is 1. The van der Waals surface area contributed by atoms with E-state index in [9.17, 15) is 5.11 Å². The molecule has 0 amide bonds. The van der Waals surface area contributed by atoms with Crippen molar-refractivity contribution >= 4 is 11.3 Å². The van der Waals surface area contributed by atoms with Crippen molar-refractivity contribution in [3.05, 3.63) is 39.6 Å². The predicted molar refractivity (Wildman–Crippen MR) is 102 cm³/mol. The standard InChI is InChI=1S/C20H27NO3S/c1-14-8-10-25-20(14)16-7-5-4-6-9-21(16)13-15-11-17(23-2)19(22)18(12-15)24-3/h8,10-12,16,22H,4-7,9,13H2,1-3H3/t16-/m1/s1. The van der Waals surface area contributed by atoms with Crippen molar-refractivity contribution in [3.63, 3.8) is 0 Å². The molecule has 1 aromatic heterocycles. The molecule has 25 heavy (non-hydrogen) atoms. The quantitative estimate of drug-likeness (QED) is 0.823. The number of ether oxygens (including phenoxy) is 2. The van der Waals surface area contributed by atoms with Crippen molar-refractivity contribution in [2.75, 3.05) is 20.8 Å². The lowest BCUT2D eigenvalue weighted by atomic mass is 10.0. The summed E-state index contributed by atoms with van der Waals surface area (Å²) in [5.74, 6) is 0.997. The maximum absolute atomic E-state index is 10.1. The van der Waals surface area contributed by atoms with Gasteiger partial charge in [0.05, 0.1) is 14.2 Å². The molecule has 5 heteroatoms. The SMILES string of the molecule is COc1cc(CN2CCCCC[C@@H]2c2sccc2C)cc(OC)c1O. The van der Waals surface area contributed by atoms with Gasteiger partial charge in [0.2, 0.25) is 5.75 Å². The van der Waals surface area contributed by atoms with E-state index in [2.05, 4.69) is 23.3 Å². The molecule has 0 unspecified atom stereocenters. The molecule has 0 radical (unpaired) electrons. The first kappa shape index (κ1) is 18.1. The third-order valence-electron chi connectivity index (χ3n) is 4.99. The predicted octanol–water partition coefficient (Wildman–Crippen LogP) is 4.90. The van der Waals surface area contributed by atoms with Crippen LogP contribution in [0.1, 0.15) is 47.7 Å². The topological polar surface area (TPSA) is 41.9 Å². The maximum atomic E-state index is 10.1. The lowest BCUT2D eigenvalue weighted by Crippen LogP contribution is -2.28. The number of methoxy groups -OCH3 is 2. The number of rotatable bonds is 5. The van der Waals surface area contributed by atoms with E-state index in [0.717, 1.165) is 18.7 Å². The summed E-state index contributed by atoms with van der Waals surface area (Å²) in [5, 5.41) is 12.3. The highest BCUT2D eigenvalue weighted by molar-refractivity contribution is 7.10. The van der Waals surface area contributed by atoms with Crippen molar-refractivity contribution in [1.29, 1.82) is 0 Å². The molecule has 1 saturated heterocycles. The second-order valence-corrected chi connectivity index (χ2v) is 7.60. The van der Waals surface area contributed by atoms with E-state index < -0.39 is 0 Å². The van der Waals surface area contributed by atoms with E-state index in [1.165, 1.54) is 36.1 Å². The minimum absolute atomic E-state index is 0.0651. The monoisotopic (exact) mass is 361 g/mol. The van der Waals surface area contributed by atoms with Crippen LogP contribution in [0.2, 0.25) is 0 Å². The number of hydrogen-bond donors (Lipinski definition) is 1. The molecular weight excluding hydrogens is 334 g/mol. The zero-order valence-electron chi connectivity index (χ0n) is 15.2. The average Bonchev–Trinajstić information content (AvgIpc) is 2.91. The van der Waals surface area contributed by atoms with Gasteiger partial charge in [0, 0.05) is 17.5 Å².